The summed E-state index contributed by atoms with van der Waals surface area (Å²) in [6, 6.07) is 13.0. The van der Waals surface area contributed by atoms with Crippen LogP contribution in [-0.4, -0.2) is 82.5 Å². The van der Waals surface area contributed by atoms with Crippen LogP contribution in [0.1, 0.15) is 29.7 Å². The summed E-state index contributed by atoms with van der Waals surface area (Å²) < 4.78 is 17.0. The van der Waals surface area contributed by atoms with Gasteiger partial charge in [-0.05, 0) is 48.2 Å². The molecule has 0 aliphatic carbocycles. The first kappa shape index (κ1) is 25.9. The molecule has 0 aromatic heterocycles. The fourth-order valence-corrected chi connectivity index (χ4v) is 4.00. The quantitative estimate of drug-likeness (QED) is 0.342. The summed E-state index contributed by atoms with van der Waals surface area (Å²) in [4.78, 5) is 0. The first-order chi connectivity index (χ1) is 15.9. The number of aliphatic hydroxyl groups excluding tert-OH is 5. The lowest BCUT2D eigenvalue weighted by molar-refractivity contribution is -0.248. The molecule has 3 rings (SSSR count). The van der Waals surface area contributed by atoms with Gasteiger partial charge in [0.05, 0.1) is 26.4 Å². The van der Waals surface area contributed by atoms with E-state index in [1.54, 1.807) is 12.1 Å². The van der Waals surface area contributed by atoms with Crippen molar-refractivity contribution in [1.29, 1.82) is 0 Å². The fourth-order valence-electron chi connectivity index (χ4n) is 3.82. The van der Waals surface area contributed by atoms with Gasteiger partial charge in [-0.3, -0.25) is 0 Å². The maximum Gasteiger partial charge on any atom is 0.119 e. The van der Waals surface area contributed by atoms with Gasteiger partial charge in [0.25, 0.3) is 0 Å². The summed E-state index contributed by atoms with van der Waals surface area (Å²) in [5.41, 5.74) is 2.47. The molecule has 2 aromatic rings. The van der Waals surface area contributed by atoms with Crippen molar-refractivity contribution in [3.8, 4) is 5.75 Å². The molecule has 1 aliphatic heterocycles. The van der Waals surface area contributed by atoms with E-state index in [2.05, 4.69) is 0 Å². The summed E-state index contributed by atoms with van der Waals surface area (Å²) in [6.45, 7) is 1.24. The average molecular weight is 483 g/mol. The van der Waals surface area contributed by atoms with Gasteiger partial charge in [-0.15, -0.1) is 0 Å². The standard InChI is InChI=1S/C24H31ClO8/c1-2-31-18-6-3-14(4-7-18)9-16-10-15(5-8-19(16)25)23-24(32-13-17(28)11-26)22(30)21(29)20(12-27)33-23/h3-8,10,17,20-24,26-30H,2,9,11-13H2,1H3/t17?,20-,21+,22-,23+,24+/m1/s1. The summed E-state index contributed by atoms with van der Waals surface area (Å²) in [5, 5.41) is 49.8. The lowest BCUT2D eigenvalue weighted by atomic mass is 9.90. The van der Waals surface area contributed by atoms with Gasteiger partial charge in [0.15, 0.2) is 0 Å². The molecule has 0 radical (unpaired) electrons. The molecule has 182 valence electrons. The van der Waals surface area contributed by atoms with Crippen LogP contribution >= 0.6 is 11.6 Å². The molecule has 1 fully saturated rings. The molecule has 1 heterocycles. The Morgan fingerprint density at radius 2 is 1.79 bits per heavy atom. The van der Waals surface area contributed by atoms with E-state index in [1.165, 1.54) is 0 Å². The van der Waals surface area contributed by atoms with Crippen molar-refractivity contribution in [3.05, 3.63) is 64.2 Å². The van der Waals surface area contributed by atoms with Crippen LogP contribution in [0.3, 0.4) is 0 Å². The van der Waals surface area contributed by atoms with Crippen LogP contribution in [0.5, 0.6) is 5.75 Å². The van der Waals surface area contributed by atoms with E-state index in [0.717, 1.165) is 16.9 Å². The van der Waals surface area contributed by atoms with Crippen molar-refractivity contribution in [2.24, 2.45) is 0 Å². The SMILES string of the molecule is CCOc1ccc(Cc2cc([C@@H]3O[C@H](CO)[C@H](O)[C@@H](O)[C@@H]3OCC(O)CO)ccc2Cl)cc1. The zero-order valence-electron chi connectivity index (χ0n) is 18.4. The predicted molar refractivity (Wildman–Crippen MR) is 121 cm³/mol. The van der Waals surface area contributed by atoms with Gasteiger partial charge in [-0.25, -0.2) is 0 Å². The second-order valence-corrected chi connectivity index (χ2v) is 8.41. The van der Waals surface area contributed by atoms with Gasteiger partial charge >= 0.3 is 0 Å². The van der Waals surface area contributed by atoms with Gasteiger partial charge in [0, 0.05) is 5.02 Å². The number of ether oxygens (including phenoxy) is 3. The zero-order chi connectivity index (χ0) is 24.0. The van der Waals surface area contributed by atoms with E-state index in [4.69, 9.17) is 30.9 Å². The van der Waals surface area contributed by atoms with Crippen LogP contribution in [0, 0.1) is 0 Å². The molecule has 1 saturated heterocycles. The van der Waals surface area contributed by atoms with Gasteiger partial charge in [0.1, 0.15) is 42.4 Å². The molecular weight excluding hydrogens is 452 g/mol. The first-order valence-electron chi connectivity index (χ1n) is 10.9. The molecule has 9 heteroatoms. The summed E-state index contributed by atoms with van der Waals surface area (Å²) in [5.74, 6) is 0.782. The third-order valence-electron chi connectivity index (χ3n) is 5.59. The molecule has 1 unspecified atom stereocenters. The molecule has 33 heavy (non-hydrogen) atoms. The molecule has 1 aliphatic rings. The monoisotopic (exact) mass is 482 g/mol. The predicted octanol–water partition coefficient (Wildman–Crippen LogP) is 1.22. The highest BCUT2D eigenvalue weighted by atomic mass is 35.5. The third-order valence-corrected chi connectivity index (χ3v) is 5.95. The van der Waals surface area contributed by atoms with Crippen molar-refractivity contribution < 1.29 is 39.7 Å². The Balaban J connectivity index is 1.86. The summed E-state index contributed by atoms with van der Waals surface area (Å²) in [6.07, 6.45) is -6.26. The van der Waals surface area contributed by atoms with Crippen LogP contribution in [0.15, 0.2) is 42.5 Å². The second-order valence-electron chi connectivity index (χ2n) is 8.00. The number of benzene rings is 2. The molecule has 2 aromatic carbocycles. The van der Waals surface area contributed by atoms with Crippen LogP contribution in [0.4, 0.5) is 0 Å². The number of hydrogen-bond acceptors (Lipinski definition) is 8. The molecular formula is C24H31ClO8. The molecule has 0 spiro atoms. The first-order valence-corrected chi connectivity index (χ1v) is 11.3. The van der Waals surface area contributed by atoms with E-state index < -0.39 is 49.8 Å². The second kappa shape index (κ2) is 12.1. The van der Waals surface area contributed by atoms with E-state index in [0.29, 0.717) is 23.6 Å². The van der Waals surface area contributed by atoms with Crippen molar-refractivity contribution >= 4 is 11.6 Å². The van der Waals surface area contributed by atoms with Crippen molar-refractivity contribution in [2.45, 2.75) is 50.0 Å². The van der Waals surface area contributed by atoms with Crippen molar-refractivity contribution in [2.75, 3.05) is 26.4 Å². The minimum absolute atomic E-state index is 0.263. The van der Waals surface area contributed by atoms with Gasteiger partial charge in [0.2, 0.25) is 0 Å². The Bertz CT molecular complexity index is 877. The molecule has 0 saturated carbocycles. The van der Waals surface area contributed by atoms with E-state index in [9.17, 15) is 20.4 Å². The van der Waals surface area contributed by atoms with Crippen LogP contribution < -0.4 is 4.74 Å². The smallest absolute Gasteiger partial charge is 0.119 e. The fraction of sp³-hybridized carbons (Fsp3) is 0.500. The van der Waals surface area contributed by atoms with Crippen LogP contribution in [0.25, 0.3) is 0 Å². The normalized spacial score (nSPS) is 26.2. The molecule has 8 nitrogen and oxygen atoms in total. The Morgan fingerprint density at radius 3 is 2.42 bits per heavy atom. The Kier molecular flexibility index (Phi) is 9.48. The van der Waals surface area contributed by atoms with Gasteiger partial charge in [-0.1, -0.05) is 35.9 Å². The largest absolute Gasteiger partial charge is 0.494 e. The third kappa shape index (κ3) is 6.44. The van der Waals surface area contributed by atoms with Gasteiger partial charge < -0.3 is 39.7 Å². The number of rotatable bonds is 10. The van der Waals surface area contributed by atoms with Crippen LogP contribution in [-0.2, 0) is 15.9 Å². The van der Waals surface area contributed by atoms with E-state index in [1.807, 2.05) is 37.3 Å². The lowest BCUT2D eigenvalue weighted by Crippen LogP contribution is -2.56. The highest BCUT2D eigenvalue weighted by Crippen LogP contribution is 2.36. The molecule has 5 N–H and O–H groups in total. The summed E-state index contributed by atoms with van der Waals surface area (Å²) >= 11 is 6.44. The highest BCUT2D eigenvalue weighted by molar-refractivity contribution is 6.31. The lowest BCUT2D eigenvalue weighted by Gasteiger charge is -2.42. The number of halogens is 1. The molecule has 0 amide bonds. The van der Waals surface area contributed by atoms with Crippen molar-refractivity contribution in [1.82, 2.24) is 0 Å². The maximum atomic E-state index is 10.6. The van der Waals surface area contributed by atoms with Gasteiger partial charge in [-0.2, -0.15) is 0 Å². The Morgan fingerprint density at radius 1 is 1.06 bits per heavy atom. The minimum Gasteiger partial charge on any atom is -0.494 e. The zero-order valence-corrected chi connectivity index (χ0v) is 19.1. The topological polar surface area (TPSA) is 129 Å². The molecule has 0 bridgehead atoms. The molecule has 6 atom stereocenters. The van der Waals surface area contributed by atoms with E-state index >= 15 is 0 Å². The Labute approximate surface area is 197 Å². The highest BCUT2D eigenvalue weighted by Gasteiger charge is 2.45. The van der Waals surface area contributed by atoms with Crippen LogP contribution in [0.2, 0.25) is 5.02 Å². The maximum absolute atomic E-state index is 10.6. The van der Waals surface area contributed by atoms with E-state index in [-0.39, 0.29) is 6.61 Å². The summed E-state index contributed by atoms with van der Waals surface area (Å²) in [7, 11) is 0. The number of aliphatic hydroxyl groups is 5. The Hall–Kier alpha value is -1.75. The average Bonchev–Trinajstić information content (AvgIpc) is 2.82. The van der Waals surface area contributed by atoms with Crippen molar-refractivity contribution in [3.63, 3.8) is 0 Å². The minimum atomic E-state index is -1.38. The number of hydrogen-bond donors (Lipinski definition) is 5.